The minimum absolute atomic E-state index is 0. The van der Waals surface area contributed by atoms with Crippen LogP contribution in [-0.4, -0.2) is 16.8 Å². The summed E-state index contributed by atoms with van der Waals surface area (Å²) in [6, 6.07) is 4.95. The Bertz CT molecular complexity index is 278. The smallest absolute Gasteiger partial charge is 0.118 e. The second kappa shape index (κ2) is 5.07. The third-order valence-electron chi connectivity index (χ3n) is 1.83. The number of aryl methyl sites for hydroxylation is 1. The van der Waals surface area contributed by atoms with Gasteiger partial charge in [-0.15, -0.1) is 12.4 Å². The van der Waals surface area contributed by atoms with Gasteiger partial charge in [-0.3, -0.25) is 0 Å². The third kappa shape index (κ3) is 2.88. The van der Waals surface area contributed by atoms with Gasteiger partial charge in [0, 0.05) is 6.54 Å². The zero-order valence-electron chi connectivity index (χ0n) is 7.40. The van der Waals surface area contributed by atoms with Gasteiger partial charge in [0.25, 0.3) is 0 Å². The summed E-state index contributed by atoms with van der Waals surface area (Å²) in [5.74, 6) is 0.239. The summed E-state index contributed by atoms with van der Waals surface area (Å²) in [6.45, 7) is 1.98. The molecule has 1 atom stereocenters. The van der Waals surface area contributed by atoms with E-state index >= 15 is 0 Å². The van der Waals surface area contributed by atoms with Crippen LogP contribution in [0.4, 0.5) is 0 Å². The first-order valence-corrected chi connectivity index (χ1v) is 3.83. The van der Waals surface area contributed by atoms with Crippen LogP contribution in [0.25, 0.3) is 0 Å². The second-order valence-electron chi connectivity index (χ2n) is 2.80. The van der Waals surface area contributed by atoms with Crippen LogP contribution in [0.3, 0.4) is 0 Å². The van der Waals surface area contributed by atoms with E-state index in [-0.39, 0.29) is 24.7 Å². The SMILES string of the molecule is Cc1cc(C(O)CN)ccc1O.Cl. The van der Waals surface area contributed by atoms with Crippen molar-refractivity contribution in [2.45, 2.75) is 13.0 Å². The maximum atomic E-state index is 9.34. The van der Waals surface area contributed by atoms with Crippen LogP contribution in [0.5, 0.6) is 5.75 Å². The molecule has 0 radical (unpaired) electrons. The average molecular weight is 204 g/mol. The normalized spacial score (nSPS) is 11.9. The highest BCUT2D eigenvalue weighted by Crippen LogP contribution is 2.20. The molecule has 0 aliphatic rings. The fraction of sp³-hybridized carbons (Fsp3) is 0.333. The Hall–Kier alpha value is -0.770. The fourth-order valence-corrected chi connectivity index (χ4v) is 1.02. The number of aromatic hydroxyl groups is 1. The Labute approximate surface area is 83.6 Å². The molecule has 0 aliphatic carbocycles. The van der Waals surface area contributed by atoms with Crippen molar-refractivity contribution in [2.75, 3.05) is 6.54 Å². The molecule has 0 aromatic heterocycles. The Morgan fingerprint density at radius 1 is 1.46 bits per heavy atom. The van der Waals surface area contributed by atoms with E-state index in [1.54, 1.807) is 25.1 Å². The van der Waals surface area contributed by atoms with Crippen LogP contribution in [0.2, 0.25) is 0 Å². The lowest BCUT2D eigenvalue weighted by atomic mass is 10.1. The monoisotopic (exact) mass is 203 g/mol. The van der Waals surface area contributed by atoms with Gasteiger partial charge in [0.15, 0.2) is 0 Å². The summed E-state index contributed by atoms with van der Waals surface area (Å²) in [5.41, 5.74) is 6.77. The molecule has 74 valence electrons. The van der Waals surface area contributed by atoms with Gasteiger partial charge in [-0.05, 0) is 30.2 Å². The summed E-state index contributed by atoms with van der Waals surface area (Å²) in [4.78, 5) is 0. The van der Waals surface area contributed by atoms with Gasteiger partial charge in [0.05, 0.1) is 6.10 Å². The van der Waals surface area contributed by atoms with Crippen LogP contribution in [0.1, 0.15) is 17.2 Å². The zero-order chi connectivity index (χ0) is 9.14. The van der Waals surface area contributed by atoms with E-state index in [4.69, 9.17) is 5.73 Å². The Kier molecular flexibility index (Phi) is 4.77. The molecule has 1 aromatic rings. The summed E-state index contributed by atoms with van der Waals surface area (Å²) in [7, 11) is 0. The second-order valence-corrected chi connectivity index (χ2v) is 2.80. The first kappa shape index (κ1) is 12.2. The number of aliphatic hydroxyl groups is 1. The summed E-state index contributed by atoms with van der Waals surface area (Å²) in [5, 5.41) is 18.5. The highest BCUT2D eigenvalue weighted by Gasteiger charge is 2.05. The molecule has 0 saturated carbocycles. The standard InChI is InChI=1S/C9H13NO2.ClH/c1-6-4-7(9(12)5-10)2-3-8(6)11;/h2-4,9,11-12H,5,10H2,1H3;1H. The van der Waals surface area contributed by atoms with E-state index < -0.39 is 6.10 Å². The lowest BCUT2D eigenvalue weighted by molar-refractivity contribution is 0.186. The van der Waals surface area contributed by atoms with Crippen LogP contribution < -0.4 is 5.73 Å². The number of rotatable bonds is 2. The zero-order valence-corrected chi connectivity index (χ0v) is 8.21. The van der Waals surface area contributed by atoms with Gasteiger partial charge in [-0.2, -0.15) is 0 Å². The fourth-order valence-electron chi connectivity index (χ4n) is 1.02. The Balaban J connectivity index is 0.00000144. The van der Waals surface area contributed by atoms with E-state index in [1.807, 2.05) is 0 Å². The van der Waals surface area contributed by atoms with E-state index in [0.29, 0.717) is 0 Å². The maximum Gasteiger partial charge on any atom is 0.118 e. The van der Waals surface area contributed by atoms with E-state index in [0.717, 1.165) is 11.1 Å². The molecule has 4 N–H and O–H groups in total. The van der Waals surface area contributed by atoms with E-state index in [9.17, 15) is 10.2 Å². The first-order chi connectivity index (χ1) is 5.65. The van der Waals surface area contributed by atoms with Crippen molar-refractivity contribution in [3.63, 3.8) is 0 Å². The van der Waals surface area contributed by atoms with Crippen molar-refractivity contribution >= 4 is 12.4 Å². The molecule has 0 saturated heterocycles. The maximum absolute atomic E-state index is 9.34. The topological polar surface area (TPSA) is 66.5 Å². The number of phenolic OH excluding ortho intramolecular Hbond substituents is 1. The molecule has 0 bridgehead atoms. The minimum atomic E-state index is -0.635. The molecule has 0 spiro atoms. The van der Waals surface area contributed by atoms with Crippen LogP contribution in [-0.2, 0) is 0 Å². The quantitative estimate of drug-likeness (QED) is 0.675. The molecule has 1 rings (SSSR count). The van der Waals surface area contributed by atoms with Crippen LogP contribution >= 0.6 is 12.4 Å². The molecule has 0 fully saturated rings. The largest absolute Gasteiger partial charge is 0.508 e. The summed E-state index contributed by atoms with van der Waals surface area (Å²) < 4.78 is 0. The molecule has 4 heteroatoms. The third-order valence-corrected chi connectivity index (χ3v) is 1.83. The molecule has 0 heterocycles. The van der Waals surface area contributed by atoms with Gasteiger partial charge >= 0.3 is 0 Å². The number of phenols is 1. The predicted molar refractivity (Wildman–Crippen MR) is 54.1 cm³/mol. The van der Waals surface area contributed by atoms with Crippen molar-refractivity contribution in [1.29, 1.82) is 0 Å². The molecular formula is C9H14ClNO2. The average Bonchev–Trinajstić information content (AvgIpc) is 2.08. The molecule has 13 heavy (non-hydrogen) atoms. The summed E-state index contributed by atoms with van der Waals surface area (Å²) >= 11 is 0. The molecule has 0 amide bonds. The number of halogens is 1. The van der Waals surface area contributed by atoms with Crippen molar-refractivity contribution < 1.29 is 10.2 Å². The molecule has 1 unspecified atom stereocenters. The van der Waals surface area contributed by atoms with Crippen LogP contribution in [0.15, 0.2) is 18.2 Å². The number of nitrogens with two attached hydrogens (primary N) is 1. The predicted octanol–water partition coefficient (Wildman–Crippen LogP) is 1.11. The van der Waals surface area contributed by atoms with Gasteiger partial charge in [-0.1, -0.05) is 6.07 Å². The van der Waals surface area contributed by atoms with Crippen molar-refractivity contribution in [2.24, 2.45) is 5.73 Å². The van der Waals surface area contributed by atoms with Gasteiger partial charge in [0.2, 0.25) is 0 Å². The van der Waals surface area contributed by atoms with Crippen molar-refractivity contribution in [3.05, 3.63) is 29.3 Å². The molecule has 3 nitrogen and oxygen atoms in total. The Morgan fingerprint density at radius 2 is 2.08 bits per heavy atom. The first-order valence-electron chi connectivity index (χ1n) is 3.83. The van der Waals surface area contributed by atoms with E-state index in [1.165, 1.54) is 0 Å². The van der Waals surface area contributed by atoms with E-state index in [2.05, 4.69) is 0 Å². The number of benzene rings is 1. The summed E-state index contributed by atoms with van der Waals surface area (Å²) in [6.07, 6.45) is -0.635. The molecule has 1 aromatic carbocycles. The lowest BCUT2D eigenvalue weighted by Gasteiger charge is -2.09. The van der Waals surface area contributed by atoms with Crippen molar-refractivity contribution in [3.8, 4) is 5.75 Å². The number of hydrogen-bond donors (Lipinski definition) is 3. The number of aliphatic hydroxyl groups excluding tert-OH is 1. The lowest BCUT2D eigenvalue weighted by Crippen LogP contribution is -2.11. The van der Waals surface area contributed by atoms with Crippen molar-refractivity contribution in [1.82, 2.24) is 0 Å². The minimum Gasteiger partial charge on any atom is -0.508 e. The van der Waals surface area contributed by atoms with Crippen LogP contribution in [0, 0.1) is 6.92 Å². The van der Waals surface area contributed by atoms with Gasteiger partial charge in [0.1, 0.15) is 5.75 Å². The van der Waals surface area contributed by atoms with Gasteiger partial charge in [-0.25, -0.2) is 0 Å². The van der Waals surface area contributed by atoms with Gasteiger partial charge < -0.3 is 15.9 Å². The highest BCUT2D eigenvalue weighted by atomic mass is 35.5. The number of hydrogen-bond acceptors (Lipinski definition) is 3. The molecule has 0 aliphatic heterocycles. The highest BCUT2D eigenvalue weighted by molar-refractivity contribution is 5.85. The Morgan fingerprint density at radius 3 is 2.54 bits per heavy atom. The molecular weight excluding hydrogens is 190 g/mol.